The summed E-state index contributed by atoms with van der Waals surface area (Å²) in [5.74, 6) is -2.47. The number of carbonyl (C=O) groups excluding carboxylic acids is 3. The van der Waals surface area contributed by atoms with Crippen LogP contribution in [-0.2, 0) is 0 Å². The molecule has 6 nitrogen and oxygen atoms in total. The van der Waals surface area contributed by atoms with Gasteiger partial charge < -0.3 is 10.0 Å². The number of fused-ring (bicyclic) bond motifs is 2. The van der Waals surface area contributed by atoms with Crippen molar-refractivity contribution in [3.05, 3.63) is 69.3 Å². The molecule has 1 aromatic heterocycles. The molecule has 176 valence electrons. The fraction of sp³-hybridized carbons (Fsp3) is 0.333. The summed E-state index contributed by atoms with van der Waals surface area (Å²) in [5, 5.41) is 11.5. The summed E-state index contributed by atoms with van der Waals surface area (Å²) in [5.41, 5.74) is 1.45. The van der Waals surface area contributed by atoms with Gasteiger partial charge in [-0.25, -0.2) is 4.98 Å². The fourth-order valence-corrected chi connectivity index (χ4v) is 4.89. The first-order valence-corrected chi connectivity index (χ1v) is 12.5. The van der Waals surface area contributed by atoms with Gasteiger partial charge >= 0.3 is 0 Å². The molecule has 0 radical (unpaired) electrons. The lowest BCUT2D eigenvalue weighted by Gasteiger charge is -2.22. The van der Waals surface area contributed by atoms with E-state index in [1.165, 1.54) is 6.07 Å². The molecule has 0 saturated heterocycles. The Kier molecular flexibility index (Phi) is 7.12. The largest absolute Gasteiger partial charge is 0.505 e. The van der Waals surface area contributed by atoms with Crippen LogP contribution in [0.1, 0.15) is 82.2 Å². The first-order valence-electron chi connectivity index (χ1n) is 11.7. The van der Waals surface area contributed by atoms with E-state index >= 15 is 0 Å². The number of ketones is 2. The van der Waals surface area contributed by atoms with Gasteiger partial charge in [-0.2, -0.15) is 0 Å². The van der Waals surface area contributed by atoms with Gasteiger partial charge in [-0.3, -0.25) is 14.4 Å². The molecule has 0 spiro atoms. The lowest BCUT2D eigenvalue weighted by atomic mass is 9.97. The summed E-state index contributed by atoms with van der Waals surface area (Å²) in [4.78, 5) is 46.1. The zero-order valence-electron chi connectivity index (χ0n) is 19.3. The van der Waals surface area contributed by atoms with Crippen LogP contribution in [0.3, 0.4) is 0 Å². The molecule has 0 fully saturated rings. The number of Topliss-reactive ketones (excluding diaryl/α,β-unsaturated/α-hetero) is 2. The van der Waals surface area contributed by atoms with Crippen molar-refractivity contribution in [1.82, 2.24) is 9.88 Å². The Hall–Kier alpha value is -3.06. The number of halogens is 1. The van der Waals surface area contributed by atoms with Gasteiger partial charge in [-0.15, -0.1) is 0 Å². The number of aromatic hydroxyl groups is 1. The average Bonchev–Trinajstić information content (AvgIpc) is 3.10. The van der Waals surface area contributed by atoms with Crippen LogP contribution >= 0.6 is 15.9 Å². The van der Waals surface area contributed by atoms with Crippen LogP contribution in [0.4, 0.5) is 0 Å². The summed E-state index contributed by atoms with van der Waals surface area (Å²) in [7, 11) is 0. The monoisotopic (exact) mass is 522 g/mol. The molecule has 1 atom stereocenters. The van der Waals surface area contributed by atoms with Crippen molar-refractivity contribution >= 4 is 44.3 Å². The fourth-order valence-electron chi connectivity index (χ4n) is 4.35. The lowest BCUT2D eigenvalue weighted by Crippen LogP contribution is -2.33. The van der Waals surface area contributed by atoms with Crippen molar-refractivity contribution < 1.29 is 19.5 Å². The normalized spacial score (nSPS) is 15.1. The Bertz CT molecular complexity index is 1280. The number of pyridine rings is 1. The highest BCUT2D eigenvalue weighted by Gasteiger charge is 2.43. The standard InChI is InChI=1S/C27H27BrN2O4/c1-3-5-13-30(14-6-4-2)27(34)16-11-12-17-19(15-16)25(32)21(24(17)31)23-26(33)22(28)18-9-7-8-10-20(18)29-23/h7-12,15,21,33H,3-6,13-14H2,1-2H3. The quantitative estimate of drug-likeness (QED) is 0.371. The predicted octanol–water partition coefficient (Wildman–Crippen LogP) is 5.91. The van der Waals surface area contributed by atoms with Crippen molar-refractivity contribution in [2.75, 3.05) is 13.1 Å². The van der Waals surface area contributed by atoms with Crippen molar-refractivity contribution in [2.24, 2.45) is 0 Å². The maximum atomic E-state index is 13.4. The number of hydrogen-bond donors (Lipinski definition) is 1. The number of carbonyl (C=O) groups is 3. The summed E-state index contributed by atoms with van der Waals surface area (Å²) >= 11 is 3.38. The van der Waals surface area contributed by atoms with Crippen LogP contribution in [0.2, 0.25) is 0 Å². The van der Waals surface area contributed by atoms with Crippen LogP contribution in [-0.4, -0.2) is 45.6 Å². The van der Waals surface area contributed by atoms with Gasteiger partial charge in [-0.05, 0) is 53.0 Å². The molecule has 0 saturated carbocycles. The van der Waals surface area contributed by atoms with Crippen molar-refractivity contribution in [3.63, 3.8) is 0 Å². The Balaban J connectivity index is 1.70. The van der Waals surface area contributed by atoms with Gasteiger partial charge in [0, 0.05) is 35.2 Å². The maximum Gasteiger partial charge on any atom is 0.253 e. The van der Waals surface area contributed by atoms with Crippen LogP contribution in [0.5, 0.6) is 5.75 Å². The van der Waals surface area contributed by atoms with E-state index in [4.69, 9.17) is 0 Å². The molecule has 1 N–H and O–H groups in total. The Labute approximate surface area is 207 Å². The highest BCUT2D eigenvalue weighted by atomic mass is 79.9. The lowest BCUT2D eigenvalue weighted by molar-refractivity contribution is 0.0750. The number of benzene rings is 2. The van der Waals surface area contributed by atoms with E-state index < -0.39 is 17.5 Å². The van der Waals surface area contributed by atoms with E-state index in [1.54, 1.807) is 30.3 Å². The number of nitrogens with zero attached hydrogens (tertiary/aromatic N) is 2. The second-order valence-corrected chi connectivity index (χ2v) is 9.39. The van der Waals surface area contributed by atoms with Crippen molar-refractivity contribution in [2.45, 2.75) is 45.4 Å². The van der Waals surface area contributed by atoms with Crippen LogP contribution < -0.4 is 0 Å². The molecular weight excluding hydrogens is 496 g/mol. The number of rotatable bonds is 8. The molecule has 2 aromatic carbocycles. The summed E-state index contributed by atoms with van der Waals surface area (Å²) in [6, 6.07) is 11.9. The molecule has 0 bridgehead atoms. The van der Waals surface area contributed by atoms with E-state index in [9.17, 15) is 19.5 Å². The van der Waals surface area contributed by atoms with E-state index in [2.05, 4.69) is 34.8 Å². The SMILES string of the molecule is CCCCN(CCCC)C(=O)c1ccc2c(c1)C(=O)C(c1nc3ccccc3c(Br)c1O)C2=O. The zero-order valence-corrected chi connectivity index (χ0v) is 20.9. The van der Waals surface area contributed by atoms with Crippen molar-refractivity contribution in [3.8, 4) is 5.75 Å². The molecule has 1 aliphatic carbocycles. The molecule has 4 rings (SSSR count). The Morgan fingerprint density at radius 3 is 2.32 bits per heavy atom. The predicted molar refractivity (Wildman–Crippen MR) is 135 cm³/mol. The third kappa shape index (κ3) is 4.25. The number of hydrogen-bond acceptors (Lipinski definition) is 5. The third-order valence-electron chi connectivity index (χ3n) is 6.28. The van der Waals surface area contributed by atoms with Gasteiger partial charge in [0.15, 0.2) is 17.3 Å². The average molecular weight is 523 g/mol. The number of amides is 1. The van der Waals surface area contributed by atoms with E-state index in [-0.39, 0.29) is 28.5 Å². The number of aromatic nitrogens is 1. The van der Waals surface area contributed by atoms with Crippen LogP contribution in [0, 0.1) is 0 Å². The summed E-state index contributed by atoms with van der Waals surface area (Å²) in [6.45, 7) is 5.48. The van der Waals surface area contributed by atoms with Gasteiger partial charge in [-0.1, -0.05) is 44.9 Å². The first kappa shape index (κ1) is 24.1. The highest BCUT2D eigenvalue weighted by Crippen LogP contribution is 2.42. The summed E-state index contributed by atoms with van der Waals surface area (Å²) < 4.78 is 0.392. The summed E-state index contributed by atoms with van der Waals surface area (Å²) in [6.07, 6.45) is 3.77. The molecule has 1 unspecified atom stereocenters. The van der Waals surface area contributed by atoms with Gasteiger partial charge in [0.05, 0.1) is 9.99 Å². The third-order valence-corrected chi connectivity index (χ3v) is 7.08. The minimum absolute atomic E-state index is 0.0252. The van der Waals surface area contributed by atoms with Gasteiger partial charge in [0.1, 0.15) is 11.6 Å². The zero-order chi connectivity index (χ0) is 24.4. The maximum absolute atomic E-state index is 13.4. The van der Waals surface area contributed by atoms with E-state index in [1.807, 2.05) is 11.0 Å². The number of para-hydroxylation sites is 1. The molecule has 1 heterocycles. The number of unbranched alkanes of at least 4 members (excludes halogenated alkanes) is 2. The van der Waals surface area contributed by atoms with E-state index in [0.717, 1.165) is 25.7 Å². The molecule has 0 aliphatic heterocycles. The van der Waals surface area contributed by atoms with Crippen LogP contribution in [0.25, 0.3) is 10.9 Å². The smallest absolute Gasteiger partial charge is 0.253 e. The molecule has 1 aliphatic rings. The molecule has 1 amide bonds. The second-order valence-electron chi connectivity index (χ2n) is 8.60. The van der Waals surface area contributed by atoms with Gasteiger partial charge in [0.2, 0.25) is 0 Å². The minimum atomic E-state index is -1.24. The molecular formula is C27H27BrN2O4. The molecule has 7 heteroatoms. The van der Waals surface area contributed by atoms with Gasteiger partial charge in [0.25, 0.3) is 5.91 Å². The molecule has 3 aromatic rings. The first-order chi connectivity index (χ1) is 16.4. The molecule has 34 heavy (non-hydrogen) atoms. The second kappa shape index (κ2) is 10.1. The van der Waals surface area contributed by atoms with Crippen molar-refractivity contribution in [1.29, 1.82) is 0 Å². The van der Waals surface area contributed by atoms with Crippen LogP contribution in [0.15, 0.2) is 46.9 Å². The Morgan fingerprint density at radius 1 is 1.00 bits per heavy atom. The Morgan fingerprint density at radius 2 is 1.65 bits per heavy atom. The topological polar surface area (TPSA) is 87.6 Å². The minimum Gasteiger partial charge on any atom is -0.505 e. The van der Waals surface area contributed by atoms with E-state index in [0.29, 0.717) is 34.0 Å². The highest BCUT2D eigenvalue weighted by molar-refractivity contribution is 9.10.